The normalized spacial score (nSPS) is 8.87. The molecule has 0 unspecified atom stereocenters. The minimum atomic E-state index is -0.980. The predicted octanol–water partition coefficient (Wildman–Crippen LogP) is 1.98. The number of rotatable bonds is 2. The van der Waals surface area contributed by atoms with Crippen molar-refractivity contribution in [3.8, 4) is 11.8 Å². The van der Waals surface area contributed by atoms with Crippen molar-refractivity contribution in [1.82, 2.24) is 0 Å². The second kappa shape index (κ2) is 5.18. The molecule has 15 heavy (non-hydrogen) atoms. The van der Waals surface area contributed by atoms with E-state index in [9.17, 15) is 9.59 Å². The Balaban J connectivity index is 2.90. The van der Waals surface area contributed by atoms with Crippen molar-refractivity contribution in [2.45, 2.75) is 6.42 Å². The Morgan fingerprint density at radius 1 is 1.53 bits per heavy atom. The molecule has 0 atom stereocenters. The van der Waals surface area contributed by atoms with Crippen LogP contribution in [0.5, 0.6) is 0 Å². The fraction of sp³-hybridized carbons (Fsp3) is 0.0909. The maximum absolute atomic E-state index is 10.5. The summed E-state index contributed by atoms with van der Waals surface area (Å²) < 4.78 is 0. The van der Waals surface area contributed by atoms with Crippen molar-refractivity contribution < 1.29 is 14.7 Å². The van der Waals surface area contributed by atoms with Gasteiger partial charge in [0.1, 0.15) is 6.42 Å². The van der Waals surface area contributed by atoms with E-state index >= 15 is 0 Å². The molecule has 0 aliphatic heterocycles. The van der Waals surface area contributed by atoms with Crippen molar-refractivity contribution in [3.05, 3.63) is 34.3 Å². The number of carbonyl (C=O) groups excluding carboxylic acids is 1. The zero-order valence-corrected chi connectivity index (χ0v) is 8.41. The monoisotopic (exact) mass is 222 g/mol. The number of aldehydes is 1. The Morgan fingerprint density at radius 2 is 2.27 bits per heavy atom. The molecular formula is C11H7ClO3. The fourth-order valence-corrected chi connectivity index (χ4v) is 1.10. The second-order valence-corrected chi connectivity index (χ2v) is 3.13. The molecule has 4 heteroatoms. The molecule has 76 valence electrons. The van der Waals surface area contributed by atoms with Gasteiger partial charge in [-0.1, -0.05) is 23.4 Å². The summed E-state index contributed by atoms with van der Waals surface area (Å²) in [7, 11) is 0. The molecule has 0 saturated carbocycles. The molecule has 1 aromatic carbocycles. The Hall–Kier alpha value is -1.79. The number of hydrogen-bond donors (Lipinski definition) is 1. The van der Waals surface area contributed by atoms with E-state index < -0.39 is 5.97 Å². The van der Waals surface area contributed by atoms with Crippen molar-refractivity contribution >= 4 is 23.9 Å². The lowest BCUT2D eigenvalue weighted by molar-refractivity contribution is -0.135. The Bertz CT molecular complexity index is 455. The van der Waals surface area contributed by atoms with Gasteiger partial charge in [0.05, 0.1) is 5.02 Å². The summed E-state index contributed by atoms with van der Waals surface area (Å²) in [5.74, 6) is 4.11. The van der Waals surface area contributed by atoms with E-state index in [0.717, 1.165) is 0 Å². The molecular weight excluding hydrogens is 216 g/mol. The number of carboxylic acids is 1. The van der Waals surface area contributed by atoms with Gasteiger partial charge < -0.3 is 5.11 Å². The van der Waals surface area contributed by atoms with Crippen LogP contribution in [0, 0.1) is 11.8 Å². The van der Waals surface area contributed by atoms with Gasteiger partial charge in [-0.15, -0.1) is 0 Å². The summed E-state index contributed by atoms with van der Waals surface area (Å²) >= 11 is 5.71. The van der Waals surface area contributed by atoms with Crippen molar-refractivity contribution in [3.63, 3.8) is 0 Å². The highest BCUT2D eigenvalue weighted by atomic mass is 35.5. The number of aliphatic carboxylic acids is 1. The van der Waals surface area contributed by atoms with Crippen LogP contribution >= 0.6 is 11.6 Å². The lowest BCUT2D eigenvalue weighted by Crippen LogP contribution is -1.90. The number of hydrogen-bond acceptors (Lipinski definition) is 2. The van der Waals surface area contributed by atoms with E-state index in [4.69, 9.17) is 16.7 Å². The van der Waals surface area contributed by atoms with Gasteiger partial charge in [-0.05, 0) is 18.2 Å². The molecule has 0 fully saturated rings. The van der Waals surface area contributed by atoms with Crippen molar-refractivity contribution in [2.75, 3.05) is 0 Å². The summed E-state index contributed by atoms with van der Waals surface area (Å²) in [6.07, 6.45) is 0.407. The summed E-state index contributed by atoms with van der Waals surface area (Å²) in [4.78, 5) is 20.7. The predicted molar refractivity (Wildman–Crippen MR) is 56.0 cm³/mol. The van der Waals surface area contributed by atoms with Gasteiger partial charge in [0.2, 0.25) is 0 Å². The Kier molecular flexibility index (Phi) is 3.90. The first-order valence-electron chi connectivity index (χ1n) is 4.09. The summed E-state index contributed by atoms with van der Waals surface area (Å²) in [5, 5.41) is 8.71. The molecule has 1 aromatic rings. The largest absolute Gasteiger partial charge is 0.481 e. The first kappa shape index (κ1) is 11.3. The van der Waals surface area contributed by atoms with Crippen LogP contribution in [0.2, 0.25) is 5.02 Å². The van der Waals surface area contributed by atoms with Gasteiger partial charge in [-0.2, -0.15) is 0 Å². The van der Waals surface area contributed by atoms with Crippen LogP contribution in [-0.2, 0) is 4.79 Å². The molecule has 0 spiro atoms. The SMILES string of the molecule is O=Cc1cc(C#CCC(=O)O)ccc1Cl. The first-order valence-corrected chi connectivity index (χ1v) is 4.46. The highest BCUT2D eigenvalue weighted by molar-refractivity contribution is 6.32. The summed E-state index contributed by atoms with van der Waals surface area (Å²) in [6.45, 7) is 0. The number of carbonyl (C=O) groups is 2. The number of benzene rings is 1. The molecule has 0 heterocycles. The third-order valence-corrected chi connectivity index (χ3v) is 1.94. The topological polar surface area (TPSA) is 54.4 Å². The lowest BCUT2D eigenvalue weighted by Gasteiger charge is -1.95. The zero-order valence-electron chi connectivity index (χ0n) is 7.66. The van der Waals surface area contributed by atoms with Crippen molar-refractivity contribution in [2.24, 2.45) is 0 Å². The minimum Gasteiger partial charge on any atom is -0.481 e. The summed E-state index contributed by atoms with van der Waals surface area (Å²) in [6, 6.07) is 4.70. The molecule has 1 rings (SSSR count). The molecule has 0 radical (unpaired) electrons. The molecule has 0 amide bonds. The van der Waals surface area contributed by atoms with Crippen LogP contribution in [-0.4, -0.2) is 17.4 Å². The second-order valence-electron chi connectivity index (χ2n) is 2.73. The summed E-state index contributed by atoms with van der Waals surface area (Å²) in [5.41, 5.74) is 0.918. The van der Waals surface area contributed by atoms with Gasteiger partial charge in [0, 0.05) is 11.1 Å². The van der Waals surface area contributed by atoms with E-state index in [1.165, 1.54) is 6.07 Å². The fourth-order valence-electron chi connectivity index (χ4n) is 0.934. The average Bonchev–Trinajstić information content (AvgIpc) is 2.20. The molecule has 0 aromatic heterocycles. The van der Waals surface area contributed by atoms with E-state index in [-0.39, 0.29) is 6.42 Å². The van der Waals surface area contributed by atoms with Crippen LogP contribution in [0.3, 0.4) is 0 Å². The average molecular weight is 223 g/mol. The standard InChI is InChI=1S/C11H7ClO3/c12-10-5-4-8(6-9(10)7-13)2-1-3-11(14)15/h4-7H,3H2,(H,14,15). The van der Waals surface area contributed by atoms with Crippen LogP contribution in [0.25, 0.3) is 0 Å². The molecule has 0 saturated heterocycles. The molecule has 1 N–H and O–H groups in total. The molecule has 0 bridgehead atoms. The van der Waals surface area contributed by atoms with Crippen LogP contribution in [0.4, 0.5) is 0 Å². The highest BCUT2D eigenvalue weighted by Gasteiger charge is 1.98. The van der Waals surface area contributed by atoms with Crippen LogP contribution < -0.4 is 0 Å². The van der Waals surface area contributed by atoms with Crippen molar-refractivity contribution in [1.29, 1.82) is 0 Å². The molecule has 0 aliphatic rings. The van der Waals surface area contributed by atoms with E-state index in [2.05, 4.69) is 11.8 Å². The zero-order chi connectivity index (χ0) is 11.3. The maximum Gasteiger partial charge on any atom is 0.315 e. The third kappa shape index (κ3) is 3.45. The molecule has 0 aliphatic carbocycles. The molecule has 3 nitrogen and oxygen atoms in total. The van der Waals surface area contributed by atoms with E-state index in [1.807, 2.05) is 0 Å². The Morgan fingerprint density at radius 3 is 2.87 bits per heavy atom. The van der Waals surface area contributed by atoms with Gasteiger partial charge in [0.15, 0.2) is 6.29 Å². The number of carboxylic acid groups (broad SMARTS) is 1. The number of halogens is 1. The van der Waals surface area contributed by atoms with Crippen LogP contribution in [0.15, 0.2) is 18.2 Å². The Labute approximate surface area is 91.7 Å². The van der Waals surface area contributed by atoms with Gasteiger partial charge >= 0.3 is 5.97 Å². The van der Waals surface area contributed by atoms with Gasteiger partial charge in [-0.25, -0.2) is 0 Å². The maximum atomic E-state index is 10.5. The lowest BCUT2D eigenvalue weighted by atomic mass is 10.1. The van der Waals surface area contributed by atoms with Gasteiger partial charge in [-0.3, -0.25) is 9.59 Å². The quantitative estimate of drug-likeness (QED) is 0.615. The van der Waals surface area contributed by atoms with E-state index in [1.54, 1.807) is 12.1 Å². The van der Waals surface area contributed by atoms with E-state index in [0.29, 0.717) is 22.4 Å². The first-order chi connectivity index (χ1) is 7.13. The third-order valence-electron chi connectivity index (χ3n) is 1.60. The van der Waals surface area contributed by atoms with Crippen LogP contribution in [0.1, 0.15) is 22.3 Å². The van der Waals surface area contributed by atoms with Gasteiger partial charge in [0.25, 0.3) is 0 Å². The highest BCUT2D eigenvalue weighted by Crippen LogP contribution is 2.14. The minimum absolute atomic E-state index is 0.223. The smallest absolute Gasteiger partial charge is 0.315 e.